The zero-order chi connectivity index (χ0) is 26.1. The Hall–Kier alpha value is -3.85. The molecule has 0 bridgehead atoms. The van der Waals surface area contributed by atoms with Crippen LogP contribution in [-0.2, 0) is 6.54 Å². The van der Waals surface area contributed by atoms with Gasteiger partial charge in [0.2, 0.25) is 0 Å². The first-order chi connectivity index (χ1) is 17.7. The highest BCUT2D eigenvalue weighted by atomic mass is 16.5. The SMILES string of the molecule is CC(=O)c1ccc(-n2c(=O)n3n(c2=O)C2C(=CC3)C(C)(C)Oc3cc(N4CCN(C)CC4)ccc32)cc1. The molecule has 3 aliphatic rings. The Kier molecular flexibility index (Phi) is 5.31. The van der Waals surface area contributed by atoms with Crippen LogP contribution in [0.2, 0.25) is 0 Å². The number of likely N-dealkylation sites (N-methyl/N-ethyl adjacent to an activating group) is 1. The molecule has 0 N–H and O–H groups in total. The Morgan fingerprint density at radius 3 is 2.30 bits per heavy atom. The first-order valence-corrected chi connectivity index (χ1v) is 12.7. The fraction of sp³-hybridized carbons (Fsp3) is 0.393. The van der Waals surface area contributed by atoms with Crippen LogP contribution in [0.5, 0.6) is 5.75 Å². The van der Waals surface area contributed by atoms with E-state index in [1.54, 1.807) is 28.9 Å². The van der Waals surface area contributed by atoms with E-state index in [9.17, 15) is 14.4 Å². The number of rotatable bonds is 3. The summed E-state index contributed by atoms with van der Waals surface area (Å²) in [7, 11) is 2.13. The fourth-order valence-corrected chi connectivity index (χ4v) is 5.71. The number of Topliss-reactive ketones (excluding diaryl/α,β-unsaturated/α-hetero) is 1. The van der Waals surface area contributed by atoms with Crippen LogP contribution in [0, 0.1) is 0 Å². The lowest BCUT2D eigenvalue weighted by atomic mass is 9.83. The lowest BCUT2D eigenvalue weighted by Gasteiger charge is -2.43. The molecule has 192 valence electrons. The summed E-state index contributed by atoms with van der Waals surface area (Å²) in [6.45, 7) is 9.67. The highest BCUT2D eigenvalue weighted by Gasteiger charge is 2.44. The molecule has 0 saturated carbocycles. The number of hydrogen-bond acceptors (Lipinski definition) is 6. The van der Waals surface area contributed by atoms with E-state index in [1.165, 1.54) is 16.2 Å². The van der Waals surface area contributed by atoms with Gasteiger partial charge in [-0.05, 0) is 63.7 Å². The standard InChI is InChI=1S/C28H31N5O4/c1-18(34)19-5-7-20(8-6-19)32-26(35)31-12-11-23-25(33(31)27(32)36)22-10-9-21(17-24(22)37-28(23,2)3)30-15-13-29(4)14-16-30/h5-11,17,25H,12-16H2,1-4H3. The number of hydrogen-bond donors (Lipinski definition) is 0. The molecular weight excluding hydrogens is 470 g/mol. The molecule has 0 radical (unpaired) electrons. The number of piperazine rings is 1. The maximum absolute atomic E-state index is 13.8. The van der Waals surface area contributed by atoms with Crippen molar-refractivity contribution in [3.8, 4) is 11.4 Å². The Bertz CT molecular complexity index is 1550. The smallest absolute Gasteiger partial charge is 0.352 e. The van der Waals surface area contributed by atoms with Gasteiger partial charge >= 0.3 is 11.4 Å². The molecule has 9 heteroatoms. The van der Waals surface area contributed by atoms with E-state index in [4.69, 9.17) is 4.74 Å². The molecule has 4 heterocycles. The van der Waals surface area contributed by atoms with Crippen LogP contribution >= 0.6 is 0 Å². The Morgan fingerprint density at radius 1 is 0.946 bits per heavy atom. The van der Waals surface area contributed by atoms with Crippen LogP contribution < -0.4 is 21.0 Å². The van der Waals surface area contributed by atoms with Crippen molar-refractivity contribution in [2.75, 3.05) is 38.1 Å². The molecule has 0 amide bonds. The third-order valence-corrected chi connectivity index (χ3v) is 7.84. The van der Waals surface area contributed by atoms with E-state index in [-0.39, 0.29) is 12.3 Å². The summed E-state index contributed by atoms with van der Waals surface area (Å²) in [6, 6.07) is 12.3. The number of nitrogens with zero attached hydrogens (tertiary/aromatic N) is 5. The largest absolute Gasteiger partial charge is 0.483 e. The minimum atomic E-state index is -0.648. The fourth-order valence-electron chi connectivity index (χ4n) is 5.71. The highest BCUT2D eigenvalue weighted by Crippen LogP contribution is 2.47. The first-order valence-electron chi connectivity index (χ1n) is 12.7. The van der Waals surface area contributed by atoms with Crippen LogP contribution in [0.3, 0.4) is 0 Å². The van der Waals surface area contributed by atoms with Crippen LogP contribution in [0.1, 0.15) is 42.7 Å². The Morgan fingerprint density at radius 2 is 1.62 bits per heavy atom. The molecule has 37 heavy (non-hydrogen) atoms. The zero-order valence-corrected chi connectivity index (χ0v) is 21.6. The molecule has 1 saturated heterocycles. The summed E-state index contributed by atoms with van der Waals surface area (Å²) < 4.78 is 10.7. The van der Waals surface area contributed by atoms with Crippen molar-refractivity contribution in [1.82, 2.24) is 18.8 Å². The Labute approximate surface area is 214 Å². The number of allylic oxidation sites excluding steroid dienone is 1. The molecule has 1 atom stereocenters. The molecule has 2 aromatic carbocycles. The average molecular weight is 502 g/mol. The zero-order valence-electron chi connectivity index (χ0n) is 21.6. The molecule has 3 aliphatic heterocycles. The second-order valence-corrected chi connectivity index (χ2v) is 10.6. The van der Waals surface area contributed by atoms with Crippen LogP contribution in [0.4, 0.5) is 5.69 Å². The molecule has 3 aromatic rings. The highest BCUT2D eigenvalue weighted by molar-refractivity contribution is 5.94. The van der Waals surface area contributed by atoms with Gasteiger partial charge in [0.25, 0.3) is 0 Å². The molecule has 1 aromatic heterocycles. The van der Waals surface area contributed by atoms with Gasteiger partial charge in [-0.15, -0.1) is 0 Å². The maximum atomic E-state index is 13.8. The number of carbonyl (C=O) groups is 1. The molecule has 1 fully saturated rings. The normalized spacial score (nSPS) is 20.4. The predicted molar refractivity (Wildman–Crippen MR) is 141 cm³/mol. The van der Waals surface area contributed by atoms with Gasteiger partial charge in [0.1, 0.15) is 17.4 Å². The molecular formula is C28H31N5O4. The lowest BCUT2D eigenvalue weighted by molar-refractivity contribution is 0.101. The molecule has 6 rings (SSSR count). The summed E-state index contributed by atoms with van der Waals surface area (Å²) in [4.78, 5) is 43.7. The van der Waals surface area contributed by atoms with Gasteiger partial charge < -0.3 is 14.5 Å². The second kappa shape index (κ2) is 8.34. The van der Waals surface area contributed by atoms with Crippen LogP contribution in [0.25, 0.3) is 5.69 Å². The third-order valence-electron chi connectivity index (χ3n) is 7.84. The van der Waals surface area contributed by atoms with Crippen LogP contribution in [0.15, 0.2) is 63.7 Å². The minimum absolute atomic E-state index is 0.0716. The van der Waals surface area contributed by atoms with Crippen molar-refractivity contribution in [2.24, 2.45) is 0 Å². The molecule has 9 nitrogen and oxygen atoms in total. The number of ketones is 1. The number of carbonyl (C=O) groups excluding carboxylic acids is 1. The Balaban J connectivity index is 1.47. The maximum Gasteiger partial charge on any atom is 0.352 e. The van der Waals surface area contributed by atoms with Gasteiger partial charge in [-0.3, -0.25) is 4.79 Å². The van der Waals surface area contributed by atoms with Gasteiger partial charge in [0, 0.05) is 49.1 Å². The van der Waals surface area contributed by atoms with E-state index < -0.39 is 23.0 Å². The summed E-state index contributed by atoms with van der Waals surface area (Å²) in [5.41, 5.74) is 2.41. The van der Waals surface area contributed by atoms with E-state index >= 15 is 0 Å². The van der Waals surface area contributed by atoms with Gasteiger partial charge in [0.05, 0.1) is 12.2 Å². The number of ether oxygens (including phenoxy) is 1. The molecule has 0 spiro atoms. The van der Waals surface area contributed by atoms with Crippen molar-refractivity contribution >= 4 is 11.5 Å². The summed E-state index contributed by atoms with van der Waals surface area (Å²) in [5.74, 6) is 0.660. The quantitative estimate of drug-likeness (QED) is 0.405. The topological polar surface area (TPSA) is 81.7 Å². The van der Waals surface area contributed by atoms with Crippen molar-refractivity contribution in [1.29, 1.82) is 0 Å². The van der Waals surface area contributed by atoms with E-state index in [0.29, 0.717) is 11.3 Å². The summed E-state index contributed by atoms with van der Waals surface area (Å²) >= 11 is 0. The van der Waals surface area contributed by atoms with Crippen molar-refractivity contribution in [3.63, 3.8) is 0 Å². The van der Waals surface area contributed by atoms with Gasteiger partial charge in [0.15, 0.2) is 5.78 Å². The predicted octanol–water partition coefficient (Wildman–Crippen LogP) is 2.46. The van der Waals surface area contributed by atoms with Gasteiger partial charge in [-0.2, -0.15) is 0 Å². The number of aromatic nitrogens is 3. The number of anilines is 1. The van der Waals surface area contributed by atoms with Gasteiger partial charge in [-0.25, -0.2) is 23.5 Å². The number of fused-ring (bicyclic) bond motifs is 5. The van der Waals surface area contributed by atoms with Crippen molar-refractivity contribution < 1.29 is 9.53 Å². The van der Waals surface area contributed by atoms with Crippen molar-refractivity contribution in [3.05, 3.63) is 86.2 Å². The van der Waals surface area contributed by atoms with Gasteiger partial charge in [-0.1, -0.05) is 12.1 Å². The van der Waals surface area contributed by atoms with E-state index in [0.717, 1.165) is 48.8 Å². The van der Waals surface area contributed by atoms with E-state index in [2.05, 4.69) is 29.0 Å². The third kappa shape index (κ3) is 3.68. The first kappa shape index (κ1) is 23.5. The monoisotopic (exact) mass is 501 g/mol. The second-order valence-electron chi connectivity index (χ2n) is 10.6. The number of benzene rings is 2. The molecule has 0 aliphatic carbocycles. The minimum Gasteiger partial charge on any atom is -0.483 e. The summed E-state index contributed by atoms with van der Waals surface area (Å²) in [6.07, 6.45) is 2.01. The van der Waals surface area contributed by atoms with E-state index in [1.807, 2.05) is 26.0 Å². The average Bonchev–Trinajstić information content (AvgIpc) is 3.13. The van der Waals surface area contributed by atoms with Crippen molar-refractivity contribution in [2.45, 2.75) is 39.0 Å². The van der Waals surface area contributed by atoms with Crippen LogP contribution in [-0.4, -0.2) is 63.4 Å². The lowest BCUT2D eigenvalue weighted by Crippen LogP contribution is -2.46. The summed E-state index contributed by atoms with van der Waals surface area (Å²) in [5, 5.41) is 0. The molecule has 1 unspecified atom stereocenters.